The number of benzene rings is 2. The summed E-state index contributed by atoms with van der Waals surface area (Å²) in [6, 6.07) is 17.6. The molecule has 0 aliphatic heterocycles. The average Bonchev–Trinajstić information content (AvgIpc) is 2.70. The number of carbonyl (C=O) groups is 2. The van der Waals surface area contributed by atoms with Gasteiger partial charge in [0, 0.05) is 11.4 Å². The maximum absolute atomic E-state index is 12.8. The van der Waals surface area contributed by atoms with E-state index in [1.165, 1.54) is 17.3 Å². The van der Waals surface area contributed by atoms with Gasteiger partial charge in [-0.25, -0.2) is 0 Å². The Balaban J connectivity index is 2.13. The van der Waals surface area contributed by atoms with E-state index in [2.05, 4.69) is 36.2 Å². The van der Waals surface area contributed by atoms with Gasteiger partial charge >= 0.3 is 0 Å². The highest BCUT2D eigenvalue weighted by Gasteiger charge is 2.20. The van der Waals surface area contributed by atoms with E-state index in [1.54, 1.807) is 6.07 Å². The van der Waals surface area contributed by atoms with Crippen LogP contribution in [-0.2, 0) is 4.79 Å². The number of primary amides is 1. The maximum atomic E-state index is 12.8. The van der Waals surface area contributed by atoms with Gasteiger partial charge in [0.05, 0.1) is 17.4 Å². The van der Waals surface area contributed by atoms with E-state index < -0.39 is 5.91 Å². The van der Waals surface area contributed by atoms with Gasteiger partial charge in [0.1, 0.15) is 0 Å². The third-order valence-electron chi connectivity index (χ3n) is 4.40. The van der Waals surface area contributed by atoms with Crippen LogP contribution >= 0.6 is 11.8 Å². The fourth-order valence-electron chi connectivity index (χ4n) is 3.01. The van der Waals surface area contributed by atoms with Crippen molar-refractivity contribution in [1.82, 2.24) is 10.2 Å². The van der Waals surface area contributed by atoms with E-state index in [1.807, 2.05) is 36.4 Å². The quantitative estimate of drug-likeness (QED) is 0.616. The number of amides is 2. The molecule has 2 amide bonds. The molecule has 0 aliphatic carbocycles. The minimum Gasteiger partial charge on any atom is -0.369 e. The normalized spacial score (nSPS) is 12.0. The van der Waals surface area contributed by atoms with Gasteiger partial charge in [-0.15, -0.1) is 11.8 Å². The Morgan fingerprint density at radius 3 is 2.30 bits per heavy atom. The lowest BCUT2D eigenvalue weighted by atomic mass is 10.0. The van der Waals surface area contributed by atoms with Crippen molar-refractivity contribution in [3.8, 4) is 0 Å². The van der Waals surface area contributed by atoms with Crippen LogP contribution in [0.4, 0.5) is 0 Å². The number of thioether (sulfide) groups is 1. The molecule has 6 heteroatoms. The summed E-state index contributed by atoms with van der Waals surface area (Å²) >= 11 is 1.28. The van der Waals surface area contributed by atoms with Gasteiger partial charge in [0.15, 0.2) is 0 Å². The van der Waals surface area contributed by atoms with Gasteiger partial charge in [-0.3, -0.25) is 14.5 Å². The summed E-state index contributed by atoms with van der Waals surface area (Å²) < 4.78 is 0. The van der Waals surface area contributed by atoms with E-state index >= 15 is 0 Å². The summed E-state index contributed by atoms with van der Waals surface area (Å²) in [5.74, 6) is -0.396. The molecule has 0 saturated carbocycles. The Morgan fingerprint density at radius 2 is 1.67 bits per heavy atom. The van der Waals surface area contributed by atoms with Crippen LogP contribution in [-0.4, -0.2) is 42.1 Å². The first-order valence-corrected chi connectivity index (χ1v) is 10.1. The molecule has 0 aliphatic rings. The molecule has 144 valence electrons. The molecule has 2 aromatic carbocycles. The number of hydrogen-bond donors (Lipinski definition) is 2. The fraction of sp³-hybridized carbons (Fsp3) is 0.333. The molecule has 2 rings (SSSR count). The largest absolute Gasteiger partial charge is 0.369 e. The zero-order valence-corrected chi connectivity index (χ0v) is 16.7. The van der Waals surface area contributed by atoms with Crippen molar-refractivity contribution >= 4 is 23.6 Å². The Labute approximate surface area is 165 Å². The Kier molecular flexibility index (Phi) is 8.36. The topological polar surface area (TPSA) is 75.4 Å². The Bertz CT molecular complexity index is 748. The zero-order chi connectivity index (χ0) is 19.6. The number of nitrogens with one attached hydrogen (secondary N) is 1. The van der Waals surface area contributed by atoms with Gasteiger partial charge in [-0.2, -0.15) is 0 Å². The molecular weight excluding hydrogens is 358 g/mol. The molecule has 2 aromatic rings. The molecule has 0 radical (unpaired) electrons. The molecule has 0 spiro atoms. The predicted molar refractivity (Wildman–Crippen MR) is 111 cm³/mol. The second kappa shape index (κ2) is 10.7. The summed E-state index contributed by atoms with van der Waals surface area (Å²) in [7, 11) is 0. The second-order valence-corrected chi connectivity index (χ2v) is 7.13. The lowest BCUT2D eigenvalue weighted by molar-refractivity contribution is -0.115. The highest BCUT2D eigenvalue weighted by atomic mass is 32.2. The average molecular weight is 386 g/mol. The van der Waals surface area contributed by atoms with Crippen LogP contribution in [0.1, 0.15) is 35.8 Å². The lowest BCUT2D eigenvalue weighted by Crippen LogP contribution is -2.38. The molecule has 0 fully saturated rings. The molecule has 1 atom stereocenters. The monoisotopic (exact) mass is 385 g/mol. The van der Waals surface area contributed by atoms with E-state index in [9.17, 15) is 9.59 Å². The lowest BCUT2D eigenvalue weighted by Gasteiger charge is -2.30. The fourth-order valence-corrected chi connectivity index (χ4v) is 3.80. The molecule has 5 nitrogen and oxygen atoms in total. The minimum atomic E-state index is -0.402. The Hall–Kier alpha value is -2.31. The van der Waals surface area contributed by atoms with E-state index in [-0.39, 0.29) is 17.7 Å². The van der Waals surface area contributed by atoms with Crippen molar-refractivity contribution in [2.24, 2.45) is 5.73 Å². The summed E-state index contributed by atoms with van der Waals surface area (Å²) in [5.41, 5.74) is 6.97. The number of rotatable bonds is 10. The predicted octanol–water partition coefficient (Wildman–Crippen LogP) is 3.08. The summed E-state index contributed by atoms with van der Waals surface area (Å²) in [4.78, 5) is 26.9. The first kappa shape index (κ1) is 21.0. The van der Waals surface area contributed by atoms with Crippen molar-refractivity contribution in [1.29, 1.82) is 0 Å². The molecule has 27 heavy (non-hydrogen) atoms. The van der Waals surface area contributed by atoms with Crippen LogP contribution in [0.5, 0.6) is 0 Å². The van der Waals surface area contributed by atoms with Crippen molar-refractivity contribution in [2.75, 3.05) is 25.4 Å². The number of carbonyl (C=O) groups excluding carboxylic acids is 2. The number of nitrogens with zero attached hydrogens (tertiary/aromatic N) is 1. The van der Waals surface area contributed by atoms with Gasteiger partial charge in [-0.05, 0) is 30.8 Å². The highest BCUT2D eigenvalue weighted by molar-refractivity contribution is 8.00. The second-order valence-electron chi connectivity index (χ2n) is 6.11. The number of likely N-dealkylation sites (N-methyl/N-ethyl adjacent to an activating group) is 1. The van der Waals surface area contributed by atoms with Crippen molar-refractivity contribution < 1.29 is 9.59 Å². The van der Waals surface area contributed by atoms with Crippen LogP contribution in [0.3, 0.4) is 0 Å². The first-order chi connectivity index (χ1) is 13.1. The SMILES string of the molecule is CCN(CC)C(CNC(=O)c1ccccc1SCC(N)=O)c1ccccc1. The molecule has 0 saturated heterocycles. The molecule has 3 N–H and O–H groups in total. The molecule has 0 bridgehead atoms. The molecule has 0 aromatic heterocycles. The van der Waals surface area contributed by atoms with Gasteiger partial charge in [0.25, 0.3) is 5.91 Å². The van der Waals surface area contributed by atoms with Crippen LogP contribution in [0.25, 0.3) is 0 Å². The zero-order valence-electron chi connectivity index (χ0n) is 15.9. The van der Waals surface area contributed by atoms with Gasteiger partial charge < -0.3 is 11.1 Å². The first-order valence-electron chi connectivity index (χ1n) is 9.14. The van der Waals surface area contributed by atoms with Crippen LogP contribution in [0.15, 0.2) is 59.5 Å². The summed E-state index contributed by atoms with van der Waals surface area (Å²) in [6.45, 7) is 6.56. The third-order valence-corrected chi connectivity index (χ3v) is 5.49. The van der Waals surface area contributed by atoms with Crippen molar-refractivity contribution in [3.63, 3.8) is 0 Å². The Morgan fingerprint density at radius 1 is 1.04 bits per heavy atom. The van der Waals surface area contributed by atoms with Crippen LogP contribution < -0.4 is 11.1 Å². The van der Waals surface area contributed by atoms with E-state index in [0.29, 0.717) is 12.1 Å². The smallest absolute Gasteiger partial charge is 0.252 e. The summed E-state index contributed by atoms with van der Waals surface area (Å²) in [6.07, 6.45) is 0. The standard InChI is InChI=1S/C21H27N3O2S/c1-3-24(4-2)18(16-10-6-5-7-11-16)14-23-21(26)17-12-8-9-13-19(17)27-15-20(22)25/h5-13,18H,3-4,14-15H2,1-2H3,(H2,22,25)(H,23,26). The number of nitrogens with two attached hydrogens (primary N) is 1. The highest BCUT2D eigenvalue weighted by Crippen LogP contribution is 2.23. The number of hydrogen-bond acceptors (Lipinski definition) is 4. The van der Waals surface area contributed by atoms with E-state index in [4.69, 9.17) is 5.73 Å². The third kappa shape index (κ3) is 6.12. The van der Waals surface area contributed by atoms with E-state index in [0.717, 1.165) is 18.0 Å². The van der Waals surface area contributed by atoms with Gasteiger partial charge in [-0.1, -0.05) is 56.3 Å². The van der Waals surface area contributed by atoms with Crippen molar-refractivity contribution in [3.05, 3.63) is 65.7 Å². The maximum Gasteiger partial charge on any atom is 0.252 e. The van der Waals surface area contributed by atoms with Crippen molar-refractivity contribution in [2.45, 2.75) is 24.8 Å². The summed E-state index contributed by atoms with van der Waals surface area (Å²) in [5, 5.41) is 3.06. The van der Waals surface area contributed by atoms with Crippen LogP contribution in [0.2, 0.25) is 0 Å². The van der Waals surface area contributed by atoms with Gasteiger partial charge in [0.2, 0.25) is 5.91 Å². The molecule has 0 heterocycles. The molecule has 1 unspecified atom stereocenters. The molecular formula is C21H27N3O2S. The van der Waals surface area contributed by atoms with Crippen LogP contribution in [0, 0.1) is 0 Å². The minimum absolute atomic E-state index is 0.107.